The molecule has 0 amide bonds. The summed E-state index contributed by atoms with van der Waals surface area (Å²) in [4.78, 5) is 0. The summed E-state index contributed by atoms with van der Waals surface area (Å²) in [6.07, 6.45) is 3.15. The maximum Gasteiger partial charge on any atom is 0.165 e. The smallest absolute Gasteiger partial charge is 0.165 e. The molecule has 0 bridgehead atoms. The fraction of sp³-hybridized carbons (Fsp3) is 0.120. The minimum absolute atomic E-state index is 0.0935. The van der Waals surface area contributed by atoms with E-state index in [2.05, 4.69) is 6.58 Å². The van der Waals surface area contributed by atoms with E-state index in [-0.39, 0.29) is 11.2 Å². The van der Waals surface area contributed by atoms with Crippen molar-refractivity contribution in [1.82, 2.24) is 0 Å². The third kappa shape index (κ3) is 4.10. The fourth-order valence-corrected chi connectivity index (χ4v) is 3.75. The molecule has 4 heteroatoms. The van der Waals surface area contributed by atoms with Crippen molar-refractivity contribution < 1.29 is 13.5 Å². The van der Waals surface area contributed by atoms with Crippen LogP contribution in [0.3, 0.4) is 0 Å². The second-order valence-electron chi connectivity index (χ2n) is 7.15. The molecule has 146 valence electrons. The number of ether oxygens (including phenoxy) is 1. The van der Waals surface area contributed by atoms with Gasteiger partial charge in [-0.3, -0.25) is 0 Å². The lowest BCUT2D eigenvalue weighted by Crippen LogP contribution is -2.10. The van der Waals surface area contributed by atoms with Crippen molar-refractivity contribution in [3.63, 3.8) is 0 Å². The summed E-state index contributed by atoms with van der Waals surface area (Å²) in [5, 5.41) is 0.644. The van der Waals surface area contributed by atoms with Crippen molar-refractivity contribution >= 4 is 17.2 Å². The molecule has 1 aliphatic carbocycles. The Labute approximate surface area is 173 Å². The first-order valence-electron chi connectivity index (χ1n) is 9.33. The monoisotopic (exact) mass is 408 g/mol. The average molecular weight is 409 g/mol. The topological polar surface area (TPSA) is 9.23 Å². The van der Waals surface area contributed by atoms with E-state index < -0.39 is 11.6 Å². The first-order chi connectivity index (χ1) is 14.0. The summed E-state index contributed by atoms with van der Waals surface area (Å²) in [6, 6.07) is 21.2. The van der Waals surface area contributed by atoms with Crippen LogP contribution in [-0.4, -0.2) is 0 Å². The van der Waals surface area contributed by atoms with Crippen molar-refractivity contribution in [2.45, 2.75) is 18.3 Å². The minimum atomic E-state index is -0.546. The standard InChI is InChI=1S/C25H19ClF2O/c1-17(27)15-22(25(13-14-25)19-8-10-20(26)11-9-19)18-7-12-23(28)24(16-18)29-21-5-3-2-4-6-21/h2-12,15-16H,1,13-14H2. The molecule has 1 aliphatic rings. The van der Waals surface area contributed by atoms with E-state index in [0.29, 0.717) is 16.3 Å². The van der Waals surface area contributed by atoms with Gasteiger partial charge in [-0.2, -0.15) is 0 Å². The molecule has 0 unspecified atom stereocenters. The van der Waals surface area contributed by atoms with Crippen LogP contribution in [-0.2, 0) is 5.41 Å². The van der Waals surface area contributed by atoms with Crippen LogP contribution in [0.25, 0.3) is 5.57 Å². The Morgan fingerprint density at radius 2 is 1.69 bits per heavy atom. The zero-order chi connectivity index (χ0) is 20.4. The first kappa shape index (κ1) is 19.4. The maximum absolute atomic E-state index is 14.4. The normalized spacial score (nSPS) is 15.1. The number of benzene rings is 3. The van der Waals surface area contributed by atoms with Crippen molar-refractivity contribution in [2.24, 2.45) is 0 Å². The first-order valence-corrected chi connectivity index (χ1v) is 9.71. The third-order valence-electron chi connectivity index (χ3n) is 5.18. The van der Waals surface area contributed by atoms with E-state index in [0.717, 1.165) is 24.0 Å². The summed E-state index contributed by atoms with van der Waals surface area (Å²) >= 11 is 6.03. The van der Waals surface area contributed by atoms with E-state index in [4.69, 9.17) is 16.3 Å². The van der Waals surface area contributed by atoms with E-state index in [1.165, 1.54) is 12.1 Å². The highest BCUT2D eigenvalue weighted by molar-refractivity contribution is 6.30. The molecule has 1 saturated carbocycles. The van der Waals surface area contributed by atoms with Crippen molar-refractivity contribution in [3.8, 4) is 11.5 Å². The maximum atomic E-state index is 14.4. The third-order valence-corrected chi connectivity index (χ3v) is 5.43. The highest BCUT2D eigenvalue weighted by Crippen LogP contribution is 2.58. The van der Waals surface area contributed by atoms with Gasteiger partial charge in [0, 0.05) is 10.4 Å². The van der Waals surface area contributed by atoms with Gasteiger partial charge >= 0.3 is 0 Å². The molecular weight excluding hydrogens is 390 g/mol. The predicted octanol–water partition coefficient (Wildman–Crippen LogP) is 7.87. The lowest BCUT2D eigenvalue weighted by Gasteiger charge is -2.21. The number of allylic oxidation sites excluding steroid dienone is 3. The van der Waals surface area contributed by atoms with Crippen LogP contribution in [0, 0.1) is 5.82 Å². The van der Waals surface area contributed by atoms with E-state index in [9.17, 15) is 8.78 Å². The molecule has 0 saturated heterocycles. The minimum Gasteiger partial charge on any atom is -0.454 e. The van der Waals surface area contributed by atoms with Crippen molar-refractivity contribution in [2.75, 3.05) is 0 Å². The van der Waals surface area contributed by atoms with E-state index in [1.807, 2.05) is 42.5 Å². The van der Waals surface area contributed by atoms with E-state index in [1.54, 1.807) is 24.3 Å². The van der Waals surface area contributed by atoms with Crippen LogP contribution >= 0.6 is 11.6 Å². The molecule has 0 aromatic heterocycles. The Kier molecular flexibility index (Phi) is 5.25. The Hall–Kier alpha value is -2.91. The summed E-state index contributed by atoms with van der Waals surface area (Å²) in [7, 11) is 0. The Bertz CT molecular complexity index is 1070. The number of rotatable bonds is 6. The lowest BCUT2D eigenvalue weighted by molar-refractivity contribution is 0.442. The molecule has 3 aromatic rings. The molecule has 1 fully saturated rings. The molecule has 4 rings (SSSR count). The predicted molar refractivity (Wildman–Crippen MR) is 114 cm³/mol. The van der Waals surface area contributed by atoms with Crippen LogP contribution in [0.15, 0.2) is 91.3 Å². The molecule has 0 aliphatic heterocycles. The van der Waals surface area contributed by atoms with Crippen LogP contribution in [0.4, 0.5) is 8.78 Å². The molecule has 3 aromatic carbocycles. The molecule has 0 spiro atoms. The fourth-order valence-electron chi connectivity index (χ4n) is 3.63. The summed E-state index contributed by atoms with van der Waals surface area (Å²) in [6.45, 7) is 3.41. The number of hydrogen-bond acceptors (Lipinski definition) is 1. The van der Waals surface area contributed by atoms with Gasteiger partial charge in [0.1, 0.15) is 11.6 Å². The zero-order valence-electron chi connectivity index (χ0n) is 15.7. The van der Waals surface area contributed by atoms with Gasteiger partial charge in [-0.25, -0.2) is 8.78 Å². The van der Waals surface area contributed by atoms with Gasteiger partial charge in [0.15, 0.2) is 11.6 Å². The average Bonchev–Trinajstić information content (AvgIpc) is 3.51. The highest BCUT2D eigenvalue weighted by atomic mass is 35.5. The molecule has 0 atom stereocenters. The highest BCUT2D eigenvalue weighted by Gasteiger charge is 2.48. The molecule has 1 nitrogen and oxygen atoms in total. The Morgan fingerprint density at radius 1 is 1.00 bits per heavy atom. The van der Waals surface area contributed by atoms with Gasteiger partial charge < -0.3 is 4.74 Å². The van der Waals surface area contributed by atoms with Crippen molar-refractivity contribution in [3.05, 3.63) is 113 Å². The summed E-state index contributed by atoms with van der Waals surface area (Å²) < 4.78 is 34.0. The molecule has 0 N–H and O–H groups in total. The second kappa shape index (κ2) is 7.84. The van der Waals surface area contributed by atoms with Crippen molar-refractivity contribution in [1.29, 1.82) is 0 Å². The van der Waals surface area contributed by atoms with Crippen LogP contribution in [0.2, 0.25) is 5.02 Å². The van der Waals surface area contributed by atoms with E-state index >= 15 is 0 Å². The lowest BCUT2D eigenvalue weighted by atomic mass is 9.83. The van der Waals surface area contributed by atoms with Gasteiger partial charge in [-0.15, -0.1) is 0 Å². The summed E-state index contributed by atoms with van der Waals surface area (Å²) in [5.41, 5.74) is 2.15. The number of para-hydroxylation sites is 1. The molecule has 0 radical (unpaired) electrons. The number of halogens is 3. The second-order valence-corrected chi connectivity index (χ2v) is 7.59. The van der Waals surface area contributed by atoms with Gasteiger partial charge in [0.25, 0.3) is 0 Å². The van der Waals surface area contributed by atoms with Gasteiger partial charge in [-0.05, 0) is 72.0 Å². The largest absolute Gasteiger partial charge is 0.454 e. The molecule has 0 heterocycles. The van der Waals surface area contributed by atoms with Gasteiger partial charge in [0.05, 0.1) is 0 Å². The van der Waals surface area contributed by atoms with Gasteiger partial charge in [-0.1, -0.05) is 54.6 Å². The zero-order valence-corrected chi connectivity index (χ0v) is 16.4. The Morgan fingerprint density at radius 3 is 2.31 bits per heavy atom. The van der Waals surface area contributed by atoms with Crippen LogP contribution < -0.4 is 4.74 Å². The quantitative estimate of drug-likeness (QED) is 0.377. The molecule has 29 heavy (non-hydrogen) atoms. The number of hydrogen-bond donors (Lipinski definition) is 0. The summed E-state index contributed by atoms with van der Waals surface area (Å²) in [5.74, 6) is -0.402. The Balaban J connectivity index is 1.76. The molecular formula is C25H19ClF2O. The van der Waals surface area contributed by atoms with Crippen LogP contribution in [0.5, 0.6) is 11.5 Å². The SMILES string of the molecule is C=C(F)C=C(c1ccc(F)c(Oc2ccccc2)c1)C1(c2ccc(Cl)cc2)CC1. The van der Waals surface area contributed by atoms with Crippen LogP contribution in [0.1, 0.15) is 24.0 Å². The van der Waals surface area contributed by atoms with Gasteiger partial charge in [0.2, 0.25) is 0 Å².